The van der Waals surface area contributed by atoms with E-state index < -0.39 is 0 Å². The van der Waals surface area contributed by atoms with Gasteiger partial charge in [0.15, 0.2) is 0 Å². The molecule has 0 saturated carbocycles. The average molecular weight is 250 g/mol. The van der Waals surface area contributed by atoms with E-state index in [-0.39, 0.29) is 5.97 Å². The maximum atomic E-state index is 10.5. The highest BCUT2D eigenvalue weighted by Crippen LogP contribution is 2.02. The Balaban J connectivity index is 3.29. The maximum absolute atomic E-state index is 10.5. The second kappa shape index (κ2) is 13.8. The summed E-state index contributed by atoms with van der Waals surface area (Å²) in [5, 5.41) is 0. The lowest BCUT2D eigenvalue weighted by Crippen LogP contribution is -1.98. The molecule has 0 bridgehead atoms. The highest BCUT2D eigenvalue weighted by Gasteiger charge is 1.87. The number of hydrogen-bond donors (Lipinski definition) is 0. The van der Waals surface area contributed by atoms with Crippen molar-refractivity contribution in [3.05, 3.63) is 36.5 Å². The molecule has 0 rings (SSSR count). The smallest absolute Gasteiger partial charge is 0.302 e. The molecule has 0 aromatic rings. The van der Waals surface area contributed by atoms with Gasteiger partial charge in [-0.2, -0.15) is 0 Å². The zero-order valence-corrected chi connectivity index (χ0v) is 11.7. The van der Waals surface area contributed by atoms with E-state index in [9.17, 15) is 4.79 Å². The molecular weight excluding hydrogens is 224 g/mol. The van der Waals surface area contributed by atoms with Crippen molar-refractivity contribution < 1.29 is 9.53 Å². The summed E-state index contributed by atoms with van der Waals surface area (Å²) in [6.45, 7) is 4.07. The summed E-state index contributed by atoms with van der Waals surface area (Å²) in [6.07, 6.45) is 19.5. The molecule has 0 aliphatic carbocycles. The molecule has 0 radical (unpaired) electrons. The molecule has 0 saturated heterocycles. The predicted molar refractivity (Wildman–Crippen MR) is 77.4 cm³/mol. The Hall–Kier alpha value is -1.31. The number of esters is 1. The minimum atomic E-state index is -0.212. The van der Waals surface area contributed by atoms with Crippen molar-refractivity contribution in [2.75, 3.05) is 6.61 Å². The van der Waals surface area contributed by atoms with Gasteiger partial charge in [0.2, 0.25) is 0 Å². The average Bonchev–Trinajstić information content (AvgIpc) is 2.34. The van der Waals surface area contributed by atoms with Crippen LogP contribution in [0.5, 0.6) is 0 Å². The number of rotatable bonds is 10. The molecule has 0 aromatic heterocycles. The van der Waals surface area contributed by atoms with Crippen molar-refractivity contribution in [3.8, 4) is 0 Å². The molecule has 0 spiro atoms. The van der Waals surface area contributed by atoms with E-state index in [0.717, 1.165) is 19.3 Å². The second-order valence-electron chi connectivity index (χ2n) is 4.15. The lowest BCUT2D eigenvalue weighted by molar-refractivity contribution is -0.140. The summed E-state index contributed by atoms with van der Waals surface area (Å²) in [5.41, 5.74) is 0. The van der Waals surface area contributed by atoms with Gasteiger partial charge in [0.25, 0.3) is 0 Å². The molecule has 0 atom stereocenters. The molecule has 0 amide bonds. The van der Waals surface area contributed by atoms with Crippen LogP contribution in [0.2, 0.25) is 0 Å². The van der Waals surface area contributed by atoms with E-state index in [1.807, 2.05) is 12.2 Å². The Bertz CT molecular complexity index is 275. The summed E-state index contributed by atoms with van der Waals surface area (Å²) in [4.78, 5) is 10.5. The molecule has 0 aliphatic heterocycles. The van der Waals surface area contributed by atoms with Gasteiger partial charge in [0, 0.05) is 6.92 Å². The van der Waals surface area contributed by atoms with Crippen LogP contribution < -0.4 is 0 Å². The summed E-state index contributed by atoms with van der Waals surface area (Å²) >= 11 is 0. The molecule has 0 aliphatic rings. The molecule has 0 aromatic carbocycles. The van der Waals surface area contributed by atoms with E-state index in [4.69, 9.17) is 4.74 Å². The number of ether oxygens (including phenoxy) is 1. The van der Waals surface area contributed by atoms with Crippen LogP contribution in [0.25, 0.3) is 0 Å². The first kappa shape index (κ1) is 16.7. The van der Waals surface area contributed by atoms with Crippen molar-refractivity contribution in [1.82, 2.24) is 0 Å². The van der Waals surface area contributed by atoms with Crippen molar-refractivity contribution >= 4 is 5.97 Å². The fourth-order valence-corrected chi connectivity index (χ4v) is 1.43. The van der Waals surface area contributed by atoms with Crippen LogP contribution in [0.15, 0.2) is 36.5 Å². The van der Waals surface area contributed by atoms with Crippen LogP contribution in [0, 0.1) is 0 Å². The normalized spacial score (nSPS) is 11.9. The topological polar surface area (TPSA) is 26.3 Å². The Morgan fingerprint density at radius 3 is 2.17 bits per heavy atom. The molecular formula is C16H26O2. The minimum absolute atomic E-state index is 0.212. The Kier molecular flexibility index (Phi) is 12.8. The van der Waals surface area contributed by atoms with Gasteiger partial charge >= 0.3 is 5.97 Å². The highest BCUT2D eigenvalue weighted by atomic mass is 16.5. The molecule has 2 heteroatoms. The third kappa shape index (κ3) is 14.7. The van der Waals surface area contributed by atoms with E-state index in [1.165, 1.54) is 26.2 Å². The molecule has 0 N–H and O–H groups in total. The number of carbonyl (C=O) groups excluding carboxylic acids is 1. The van der Waals surface area contributed by atoms with Crippen molar-refractivity contribution in [2.45, 2.75) is 52.4 Å². The molecule has 18 heavy (non-hydrogen) atoms. The lowest BCUT2D eigenvalue weighted by Gasteiger charge is -1.95. The minimum Gasteiger partial charge on any atom is -0.466 e. The van der Waals surface area contributed by atoms with Gasteiger partial charge in [-0.15, -0.1) is 0 Å². The number of hydrogen-bond acceptors (Lipinski definition) is 2. The standard InChI is InChI=1S/C16H26O2/c1-3-4-5-6-7-8-9-10-11-12-13-14-15-18-16(2)17/h4-5,10-13H,3,6-9,14-15H2,1-2H3/b5-4+,11-10+,13-12+. The Morgan fingerprint density at radius 2 is 1.56 bits per heavy atom. The first-order chi connectivity index (χ1) is 8.77. The first-order valence-electron chi connectivity index (χ1n) is 6.87. The summed E-state index contributed by atoms with van der Waals surface area (Å²) < 4.78 is 4.81. The number of carbonyl (C=O) groups is 1. The third-order valence-corrected chi connectivity index (χ3v) is 2.37. The van der Waals surface area contributed by atoms with Gasteiger partial charge in [-0.3, -0.25) is 4.79 Å². The van der Waals surface area contributed by atoms with Crippen molar-refractivity contribution in [1.29, 1.82) is 0 Å². The van der Waals surface area contributed by atoms with Crippen LogP contribution in [0.4, 0.5) is 0 Å². The van der Waals surface area contributed by atoms with Crippen LogP contribution in [-0.4, -0.2) is 12.6 Å². The van der Waals surface area contributed by atoms with Gasteiger partial charge in [-0.05, 0) is 38.5 Å². The Labute approximate surface area is 111 Å². The summed E-state index contributed by atoms with van der Waals surface area (Å²) in [6, 6.07) is 0. The van der Waals surface area contributed by atoms with Crippen LogP contribution in [-0.2, 0) is 9.53 Å². The lowest BCUT2D eigenvalue weighted by atomic mass is 10.1. The zero-order valence-electron chi connectivity index (χ0n) is 11.7. The molecule has 102 valence electrons. The molecule has 0 unspecified atom stereocenters. The summed E-state index contributed by atoms with van der Waals surface area (Å²) in [7, 11) is 0. The van der Waals surface area contributed by atoms with Gasteiger partial charge in [-0.1, -0.05) is 43.4 Å². The van der Waals surface area contributed by atoms with Crippen LogP contribution in [0.1, 0.15) is 52.4 Å². The number of allylic oxidation sites excluding steroid dienone is 5. The Morgan fingerprint density at radius 1 is 0.944 bits per heavy atom. The SMILES string of the molecule is CC/C=C/CCCC/C=C/C=C/CCOC(C)=O. The predicted octanol–water partition coefficient (Wildman–Crippen LogP) is 4.58. The van der Waals surface area contributed by atoms with E-state index in [1.54, 1.807) is 0 Å². The fraction of sp³-hybridized carbons (Fsp3) is 0.562. The maximum Gasteiger partial charge on any atom is 0.302 e. The third-order valence-electron chi connectivity index (χ3n) is 2.37. The molecule has 2 nitrogen and oxygen atoms in total. The highest BCUT2D eigenvalue weighted by molar-refractivity contribution is 5.65. The van der Waals surface area contributed by atoms with E-state index in [0.29, 0.717) is 6.61 Å². The monoisotopic (exact) mass is 250 g/mol. The number of unbranched alkanes of at least 4 members (excludes halogenated alkanes) is 3. The first-order valence-corrected chi connectivity index (χ1v) is 6.87. The van der Waals surface area contributed by atoms with Crippen molar-refractivity contribution in [2.24, 2.45) is 0 Å². The van der Waals surface area contributed by atoms with Gasteiger partial charge in [-0.25, -0.2) is 0 Å². The van der Waals surface area contributed by atoms with Gasteiger partial charge < -0.3 is 4.74 Å². The quantitative estimate of drug-likeness (QED) is 0.245. The van der Waals surface area contributed by atoms with Crippen LogP contribution in [0.3, 0.4) is 0 Å². The van der Waals surface area contributed by atoms with Crippen LogP contribution >= 0.6 is 0 Å². The second-order valence-corrected chi connectivity index (χ2v) is 4.15. The zero-order chi connectivity index (χ0) is 13.5. The van der Waals surface area contributed by atoms with Gasteiger partial charge in [0.05, 0.1) is 6.61 Å². The van der Waals surface area contributed by atoms with Gasteiger partial charge in [0.1, 0.15) is 0 Å². The molecule has 0 heterocycles. The van der Waals surface area contributed by atoms with E-state index in [2.05, 4.69) is 31.2 Å². The van der Waals surface area contributed by atoms with E-state index >= 15 is 0 Å². The summed E-state index contributed by atoms with van der Waals surface area (Å²) in [5.74, 6) is -0.212. The fourth-order valence-electron chi connectivity index (χ4n) is 1.43. The largest absolute Gasteiger partial charge is 0.466 e. The van der Waals surface area contributed by atoms with Crippen molar-refractivity contribution in [3.63, 3.8) is 0 Å². The molecule has 0 fully saturated rings.